The number of methoxy groups -OCH3 is 1. The zero-order chi connectivity index (χ0) is 20.7. The Labute approximate surface area is 183 Å². The molecule has 5 rings (SSSR count). The second-order valence-corrected chi connectivity index (χ2v) is 8.24. The molecule has 0 radical (unpaired) electrons. The molecule has 9 heteroatoms. The van der Waals surface area contributed by atoms with Crippen molar-refractivity contribution in [3.05, 3.63) is 58.6 Å². The van der Waals surface area contributed by atoms with Gasteiger partial charge in [-0.15, -0.1) is 21.6 Å². The van der Waals surface area contributed by atoms with E-state index in [4.69, 9.17) is 4.74 Å². The van der Waals surface area contributed by atoms with E-state index in [1.807, 2.05) is 47.8 Å². The predicted molar refractivity (Wildman–Crippen MR) is 121 cm³/mol. The zero-order valence-electron chi connectivity index (χ0n) is 15.6. The molecule has 0 bridgehead atoms. The van der Waals surface area contributed by atoms with Crippen LogP contribution in [-0.2, 0) is 0 Å². The number of benzene rings is 2. The minimum Gasteiger partial charge on any atom is -0.497 e. The summed E-state index contributed by atoms with van der Waals surface area (Å²) in [4.78, 5) is 12.4. The fourth-order valence-corrected chi connectivity index (χ4v) is 4.53. The Morgan fingerprint density at radius 2 is 1.93 bits per heavy atom. The van der Waals surface area contributed by atoms with Crippen LogP contribution in [0.1, 0.15) is 0 Å². The maximum absolute atomic E-state index is 10.3. The van der Waals surface area contributed by atoms with Gasteiger partial charge in [0.15, 0.2) is 11.5 Å². The van der Waals surface area contributed by atoms with Gasteiger partial charge in [-0.2, -0.15) is 0 Å². The Morgan fingerprint density at radius 1 is 1.10 bits per heavy atom. The number of fused-ring (bicyclic) bond motifs is 2. The van der Waals surface area contributed by atoms with E-state index in [1.165, 1.54) is 17.7 Å². The average Bonchev–Trinajstić information content (AvgIpc) is 3.33. The van der Waals surface area contributed by atoms with E-state index in [1.54, 1.807) is 7.11 Å². The number of thiophene rings is 1. The van der Waals surface area contributed by atoms with E-state index in [2.05, 4.69) is 41.1 Å². The van der Waals surface area contributed by atoms with E-state index in [-0.39, 0.29) is 5.88 Å². The molecule has 2 N–H and O–H groups in total. The van der Waals surface area contributed by atoms with Gasteiger partial charge >= 0.3 is 0 Å². The lowest BCUT2D eigenvalue weighted by molar-refractivity contribution is 0.415. The molecule has 0 spiro atoms. The van der Waals surface area contributed by atoms with Crippen LogP contribution in [0.4, 0.5) is 11.5 Å². The number of aromatic amines is 1. The third-order valence-corrected chi connectivity index (χ3v) is 6.09. The molecular weight excluding hydrogens is 466 g/mol. The molecule has 30 heavy (non-hydrogen) atoms. The smallest absolute Gasteiger partial charge is 0.218 e. The van der Waals surface area contributed by atoms with Gasteiger partial charge in [-0.1, -0.05) is 28.1 Å². The lowest BCUT2D eigenvalue weighted by Crippen LogP contribution is -1.83. The first kappa shape index (κ1) is 18.7. The van der Waals surface area contributed by atoms with Crippen molar-refractivity contribution >= 4 is 59.9 Å². The predicted octanol–water partition coefficient (Wildman–Crippen LogP) is 6.73. The number of nitrogens with one attached hydrogen (secondary N) is 1. The maximum atomic E-state index is 10.3. The molecule has 5 aromatic rings. The standard InChI is InChI=1S/C21H14BrN5O2S/c1-29-13-5-2-11(3-6-13)15-9-30-21-17(15)19(23-10-24-21)27-26-18-14-7-4-12(22)8-16(14)25-20(18)28/h2-10,25,28H,1H3. The summed E-state index contributed by atoms with van der Waals surface area (Å²) in [6, 6.07) is 13.4. The molecule has 0 fully saturated rings. The van der Waals surface area contributed by atoms with Crippen molar-refractivity contribution < 1.29 is 9.84 Å². The summed E-state index contributed by atoms with van der Waals surface area (Å²) in [7, 11) is 1.64. The van der Waals surface area contributed by atoms with Gasteiger partial charge in [0.2, 0.25) is 5.88 Å². The summed E-state index contributed by atoms with van der Waals surface area (Å²) in [6.07, 6.45) is 1.47. The van der Waals surface area contributed by atoms with E-state index in [9.17, 15) is 5.11 Å². The molecule has 2 aromatic carbocycles. The van der Waals surface area contributed by atoms with Gasteiger partial charge in [-0.3, -0.25) is 0 Å². The first-order valence-electron chi connectivity index (χ1n) is 8.92. The number of azo groups is 1. The van der Waals surface area contributed by atoms with Gasteiger partial charge in [0, 0.05) is 20.8 Å². The second-order valence-electron chi connectivity index (χ2n) is 6.47. The molecule has 0 saturated heterocycles. The molecule has 0 aliphatic carbocycles. The van der Waals surface area contributed by atoms with Crippen molar-refractivity contribution in [2.24, 2.45) is 10.2 Å². The first-order valence-corrected chi connectivity index (χ1v) is 10.6. The van der Waals surface area contributed by atoms with Crippen LogP contribution in [0.25, 0.3) is 32.2 Å². The zero-order valence-corrected chi connectivity index (χ0v) is 18.0. The molecule has 0 unspecified atom stereocenters. The number of ether oxygens (including phenoxy) is 1. The lowest BCUT2D eigenvalue weighted by Gasteiger charge is -2.03. The quantitative estimate of drug-likeness (QED) is 0.279. The minimum absolute atomic E-state index is 0.0437. The average molecular weight is 480 g/mol. The van der Waals surface area contributed by atoms with E-state index in [0.717, 1.165) is 42.5 Å². The highest BCUT2D eigenvalue weighted by Crippen LogP contribution is 2.40. The summed E-state index contributed by atoms with van der Waals surface area (Å²) < 4.78 is 6.15. The summed E-state index contributed by atoms with van der Waals surface area (Å²) in [5.41, 5.74) is 3.11. The molecule has 3 heterocycles. The number of halogens is 1. The van der Waals surface area contributed by atoms with Crippen molar-refractivity contribution in [2.75, 3.05) is 7.11 Å². The fourth-order valence-electron chi connectivity index (χ4n) is 3.26. The number of hydrogen-bond donors (Lipinski definition) is 2. The van der Waals surface area contributed by atoms with Gasteiger partial charge in [-0.05, 0) is 35.9 Å². The Balaban J connectivity index is 1.61. The molecule has 148 valence electrons. The number of hydrogen-bond acceptors (Lipinski definition) is 7. The van der Waals surface area contributed by atoms with Gasteiger partial charge in [0.25, 0.3) is 0 Å². The van der Waals surface area contributed by atoms with Crippen molar-refractivity contribution in [1.82, 2.24) is 15.0 Å². The van der Waals surface area contributed by atoms with Crippen LogP contribution in [0, 0.1) is 0 Å². The number of nitrogens with zero attached hydrogens (tertiary/aromatic N) is 4. The summed E-state index contributed by atoms with van der Waals surface area (Å²) in [5.74, 6) is 1.19. The van der Waals surface area contributed by atoms with Gasteiger partial charge < -0.3 is 14.8 Å². The number of rotatable bonds is 4. The van der Waals surface area contributed by atoms with Crippen LogP contribution in [-0.4, -0.2) is 27.2 Å². The summed E-state index contributed by atoms with van der Waals surface area (Å²) >= 11 is 4.94. The molecule has 0 atom stereocenters. The molecule has 0 amide bonds. The Hall–Kier alpha value is -3.30. The largest absolute Gasteiger partial charge is 0.497 e. The van der Waals surface area contributed by atoms with Gasteiger partial charge in [0.05, 0.1) is 18.0 Å². The normalized spacial score (nSPS) is 11.7. The van der Waals surface area contributed by atoms with Gasteiger partial charge in [-0.25, -0.2) is 9.97 Å². The Morgan fingerprint density at radius 3 is 2.73 bits per heavy atom. The fraction of sp³-hybridized carbons (Fsp3) is 0.0476. The topological polar surface area (TPSA) is 95.8 Å². The molecule has 0 aliphatic rings. The van der Waals surface area contributed by atoms with Crippen LogP contribution in [0.3, 0.4) is 0 Å². The van der Waals surface area contributed by atoms with Crippen LogP contribution in [0.2, 0.25) is 0 Å². The highest BCUT2D eigenvalue weighted by Gasteiger charge is 2.15. The highest BCUT2D eigenvalue weighted by molar-refractivity contribution is 9.10. The summed E-state index contributed by atoms with van der Waals surface area (Å²) in [5, 5.41) is 22.6. The van der Waals surface area contributed by atoms with Crippen LogP contribution < -0.4 is 4.74 Å². The SMILES string of the molecule is COc1ccc(-c2csc3ncnc(N=Nc4c(O)[nH]c5cc(Br)ccc45)c23)cc1. The van der Waals surface area contributed by atoms with Crippen molar-refractivity contribution in [3.63, 3.8) is 0 Å². The van der Waals surface area contributed by atoms with Gasteiger partial charge in [0.1, 0.15) is 16.9 Å². The van der Waals surface area contributed by atoms with Crippen molar-refractivity contribution in [1.29, 1.82) is 0 Å². The molecule has 0 aliphatic heterocycles. The molecule has 7 nitrogen and oxygen atoms in total. The highest BCUT2D eigenvalue weighted by atomic mass is 79.9. The van der Waals surface area contributed by atoms with E-state index < -0.39 is 0 Å². The molecular formula is C21H14BrN5O2S. The first-order chi connectivity index (χ1) is 14.6. The number of H-pyrrole nitrogens is 1. The van der Waals surface area contributed by atoms with Crippen LogP contribution in [0.5, 0.6) is 11.6 Å². The van der Waals surface area contributed by atoms with E-state index >= 15 is 0 Å². The van der Waals surface area contributed by atoms with Crippen molar-refractivity contribution in [3.8, 4) is 22.8 Å². The monoisotopic (exact) mass is 479 g/mol. The molecule has 0 saturated carbocycles. The molecule has 3 aromatic heterocycles. The Kier molecular flexibility index (Phi) is 4.68. The minimum atomic E-state index is -0.0437. The Bertz CT molecular complexity index is 1410. The number of aromatic nitrogens is 3. The number of aromatic hydroxyl groups is 1. The van der Waals surface area contributed by atoms with Crippen molar-refractivity contribution in [2.45, 2.75) is 0 Å². The third-order valence-electron chi connectivity index (χ3n) is 4.71. The van der Waals surface area contributed by atoms with E-state index in [0.29, 0.717) is 11.5 Å². The lowest BCUT2D eigenvalue weighted by atomic mass is 10.1. The van der Waals surface area contributed by atoms with Crippen LogP contribution in [0.15, 0.2) is 68.9 Å². The van der Waals surface area contributed by atoms with Crippen LogP contribution >= 0.6 is 27.3 Å². The second kappa shape index (κ2) is 7.51. The summed E-state index contributed by atoms with van der Waals surface area (Å²) in [6.45, 7) is 0. The third kappa shape index (κ3) is 3.21. The maximum Gasteiger partial charge on any atom is 0.218 e.